The van der Waals surface area contributed by atoms with Gasteiger partial charge in [0.25, 0.3) is 0 Å². The van der Waals surface area contributed by atoms with Gasteiger partial charge in [-0.05, 0) is 37.3 Å². The van der Waals surface area contributed by atoms with Crippen LogP contribution in [0, 0.1) is 5.92 Å². The minimum atomic E-state index is 0.975. The van der Waals surface area contributed by atoms with E-state index in [1.165, 1.54) is 69.5 Å². The standard InChI is InChI=1S/C21H36N2S/c1-2-3-15-23(18-20-9-7-8-10-20)16-13-22-14-17-24-19-21-11-5-4-6-12-21/h4-6,11-12,20,22H,2-3,7-10,13-19H2,1H3. The molecule has 0 bridgehead atoms. The molecule has 2 rings (SSSR count). The normalized spacial score (nSPS) is 15.4. The molecule has 0 unspecified atom stereocenters. The highest BCUT2D eigenvalue weighted by atomic mass is 32.2. The van der Waals surface area contributed by atoms with Crippen LogP contribution in [0.2, 0.25) is 0 Å². The zero-order valence-electron chi connectivity index (χ0n) is 15.5. The number of nitrogens with zero attached hydrogens (tertiary/aromatic N) is 1. The minimum Gasteiger partial charge on any atom is -0.315 e. The molecule has 24 heavy (non-hydrogen) atoms. The van der Waals surface area contributed by atoms with Crippen molar-refractivity contribution in [3.63, 3.8) is 0 Å². The Morgan fingerprint density at radius 3 is 2.62 bits per heavy atom. The van der Waals surface area contributed by atoms with Crippen molar-refractivity contribution in [3.8, 4) is 0 Å². The van der Waals surface area contributed by atoms with E-state index in [2.05, 4.69) is 47.5 Å². The van der Waals surface area contributed by atoms with Gasteiger partial charge in [0.15, 0.2) is 0 Å². The number of hydrogen-bond acceptors (Lipinski definition) is 3. The Morgan fingerprint density at radius 2 is 1.88 bits per heavy atom. The molecule has 0 radical (unpaired) electrons. The average Bonchev–Trinajstić information content (AvgIpc) is 3.12. The highest BCUT2D eigenvalue weighted by Gasteiger charge is 2.17. The molecule has 0 aliphatic heterocycles. The van der Waals surface area contributed by atoms with E-state index in [9.17, 15) is 0 Å². The maximum absolute atomic E-state index is 3.64. The van der Waals surface area contributed by atoms with Gasteiger partial charge in [-0.25, -0.2) is 0 Å². The molecular formula is C21H36N2S. The third kappa shape index (κ3) is 8.55. The average molecular weight is 349 g/mol. The molecule has 1 aliphatic rings. The van der Waals surface area contributed by atoms with Crippen molar-refractivity contribution in [2.75, 3.05) is 38.5 Å². The summed E-state index contributed by atoms with van der Waals surface area (Å²) in [5.41, 5.74) is 1.44. The van der Waals surface area contributed by atoms with E-state index in [4.69, 9.17) is 0 Å². The Kier molecular flexibility index (Phi) is 10.6. The van der Waals surface area contributed by atoms with E-state index in [1.54, 1.807) is 0 Å². The van der Waals surface area contributed by atoms with E-state index in [0.717, 1.165) is 24.8 Å². The molecule has 0 spiro atoms. The van der Waals surface area contributed by atoms with Crippen LogP contribution in [0.5, 0.6) is 0 Å². The molecule has 0 amide bonds. The minimum absolute atomic E-state index is 0.975. The summed E-state index contributed by atoms with van der Waals surface area (Å²) >= 11 is 2.03. The number of rotatable bonds is 13. The van der Waals surface area contributed by atoms with Crippen LogP contribution in [0.1, 0.15) is 51.0 Å². The van der Waals surface area contributed by atoms with Crippen molar-refractivity contribution in [1.29, 1.82) is 0 Å². The SMILES string of the molecule is CCCCN(CCNCCSCc1ccccc1)CC1CCCC1. The van der Waals surface area contributed by atoms with E-state index in [0.29, 0.717) is 0 Å². The topological polar surface area (TPSA) is 15.3 Å². The van der Waals surface area contributed by atoms with Crippen molar-refractivity contribution in [3.05, 3.63) is 35.9 Å². The lowest BCUT2D eigenvalue weighted by atomic mass is 10.1. The zero-order chi connectivity index (χ0) is 16.9. The number of hydrogen-bond donors (Lipinski definition) is 1. The first-order valence-corrected chi connectivity index (χ1v) is 11.1. The summed E-state index contributed by atoms with van der Waals surface area (Å²) in [6.07, 6.45) is 8.51. The lowest BCUT2D eigenvalue weighted by molar-refractivity contribution is 0.229. The molecule has 1 fully saturated rings. The summed E-state index contributed by atoms with van der Waals surface area (Å²) in [4.78, 5) is 2.71. The predicted octanol–water partition coefficient (Wildman–Crippen LogP) is 4.80. The summed E-state index contributed by atoms with van der Waals surface area (Å²) in [5, 5.41) is 3.64. The van der Waals surface area contributed by atoms with Crippen molar-refractivity contribution in [1.82, 2.24) is 10.2 Å². The van der Waals surface area contributed by atoms with Crippen LogP contribution in [0.15, 0.2) is 30.3 Å². The van der Waals surface area contributed by atoms with Gasteiger partial charge in [-0.3, -0.25) is 0 Å². The van der Waals surface area contributed by atoms with Crippen molar-refractivity contribution < 1.29 is 0 Å². The lowest BCUT2D eigenvalue weighted by Gasteiger charge is -2.25. The summed E-state index contributed by atoms with van der Waals surface area (Å²) in [7, 11) is 0. The third-order valence-corrected chi connectivity index (χ3v) is 5.99. The summed E-state index contributed by atoms with van der Waals surface area (Å²) < 4.78 is 0. The molecule has 1 saturated carbocycles. The van der Waals surface area contributed by atoms with Crippen LogP contribution in [0.3, 0.4) is 0 Å². The van der Waals surface area contributed by atoms with Crippen LogP contribution in [0.4, 0.5) is 0 Å². The second kappa shape index (κ2) is 12.8. The van der Waals surface area contributed by atoms with Gasteiger partial charge in [0.05, 0.1) is 0 Å². The maximum Gasteiger partial charge on any atom is 0.0185 e. The smallest absolute Gasteiger partial charge is 0.0185 e. The number of benzene rings is 1. The highest BCUT2D eigenvalue weighted by molar-refractivity contribution is 7.98. The quantitative estimate of drug-likeness (QED) is 0.515. The van der Waals surface area contributed by atoms with Crippen LogP contribution in [0.25, 0.3) is 0 Å². The van der Waals surface area contributed by atoms with Crippen LogP contribution in [-0.4, -0.2) is 43.4 Å². The predicted molar refractivity (Wildman–Crippen MR) is 109 cm³/mol. The van der Waals surface area contributed by atoms with E-state index >= 15 is 0 Å². The first-order chi connectivity index (χ1) is 11.9. The molecule has 0 heterocycles. The monoisotopic (exact) mass is 348 g/mol. The van der Waals surface area contributed by atoms with Crippen LogP contribution < -0.4 is 5.32 Å². The molecule has 1 aliphatic carbocycles. The molecule has 1 N–H and O–H groups in total. The molecule has 0 atom stereocenters. The highest BCUT2D eigenvalue weighted by Crippen LogP contribution is 2.25. The largest absolute Gasteiger partial charge is 0.315 e. The van der Waals surface area contributed by atoms with Crippen molar-refractivity contribution in [2.24, 2.45) is 5.92 Å². The fourth-order valence-electron chi connectivity index (χ4n) is 3.50. The molecule has 2 nitrogen and oxygen atoms in total. The van der Waals surface area contributed by atoms with E-state index < -0.39 is 0 Å². The van der Waals surface area contributed by atoms with Gasteiger partial charge < -0.3 is 10.2 Å². The van der Waals surface area contributed by atoms with Crippen molar-refractivity contribution >= 4 is 11.8 Å². The van der Waals surface area contributed by atoms with Crippen LogP contribution >= 0.6 is 11.8 Å². The van der Waals surface area contributed by atoms with Gasteiger partial charge in [0.2, 0.25) is 0 Å². The van der Waals surface area contributed by atoms with Gasteiger partial charge in [0, 0.05) is 37.7 Å². The lowest BCUT2D eigenvalue weighted by Crippen LogP contribution is -2.36. The van der Waals surface area contributed by atoms with E-state index in [1.807, 2.05) is 11.8 Å². The van der Waals surface area contributed by atoms with Gasteiger partial charge in [0.1, 0.15) is 0 Å². The molecule has 0 saturated heterocycles. The Bertz CT molecular complexity index is 404. The fraction of sp³-hybridized carbons (Fsp3) is 0.714. The molecule has 1 aromatic carbocycles. The number of thioether (sulfide) groups is 1. The van der Waals surface area contributed by atoms with Gasteiger partial charge in [-0.2, -0.15) is 11.8 Å². The summed E-state index contributed by atoms with van der Waals surface area (Å²) in [6, 6.07) is 10.8. The number of unbranched alkanes of at least 4 members (excludes halogenated alkanes) is 1. The second-order valence-corrected chi connectivity index (χ2v) is 8.20. The Morgan fingerprint density at radius 1 is 1.08 bits per heavy atom. The second-order valence-electron chi connectivity index (χ2n) is 7.09. The van der Waals surface area contributed by atoms with Crippen LogP contribution in [-0.2, 0) is 5.75 Å². The Labute approximate surface area is 153 Å². The summed E-state index contributed by atoms with van der Waals surface area (Å²) in [5.74, 6) is 3.31. The first kappa shape index (κ1) is 19.8. The molecule has 3 heteroatoms. The third-order valence-electron chi connectivity index (χ3n) is 4.96. The number of nitrogens with one attached hydrogen (secondary N) is 1. The molecule has 0 aromatic heterocycles. The maximum atomic E-state index is 3.64. The Balaban J connectivity index is 1.51. The molecule has 1 aromatic rings. The fourth-order valence-corrected chi connectivity index (χ4v) is 4.37. The molecular weight excluding hydrogens is 312 g/mol. The van der Waals surface area contributed by atoms with Gasteiger partial charge in [-0.1, -0.05) is 56.5 Å². The molecule has 136 valence electrons. The van der Waals surface area contributed by atoms with Crippen molar-refractivity contribution in [2.45, 2.75) is 51.2 Å². The van der Waals surface area contributed by atoms with Gasteiger partial charge >= 0.3 is 0 Å². The summed E-state index contributed by atoms with van der Waals surface area (Å²) in [6.45, 7) is 8.42. The Hall–Kier alpha value is -0.510. The zero-order valence-corrected chi connectivity index (χ0v) is 16.3. The van der Waals surface area contributed by atoms with Gasteiger partial charge in [-0.15, -0.1) is 0 Å². The van der Waals surface area contributed by atoms with E-state index in [-0.39, 0.29) is 0 Å². The first-order valence-electron chi connectivity index (χ1n) is 9.93.